The molecule has 0 fully saturated rings. The Balaban J connectivity index is 1.86. The highest BCUT2D eigenvalue weighted by Gasteiger charge is 2.10. The molecule has 0 radical (unpaired) electrons. The highest BCUT2D eigenvalue weighted by atomic mass is 32.1. The van der Waals surface area contributed by atoms with Crippen molar-refractivity contribution < 1.29 is 9.53 Å². The predicted molar refractivity (Wildman–Crippen MR) is 68.8 cm³/mol. The van der Waals surface area contributed by atoms with E-state index in [1.165, 1.54) is 11.3 Å². The SMILES string of the molecule is O=C(Oc1ncc2ccsc2n1)c1ccccc1. The van der Waals surface area contributed by atoms with Crippen LogP contribution in [0, 0.1) is 0 Å². The molecule has 0 atom stereocenters. The zero-order valence-corrected chi connectivity index (χ0v) is 10.1. The topological polar surface area (TPSA) is 52.1 Å². The van der Waals surface area contributed by atoms with Crippen molar-refractivity contribution in [2.75, 3.05) is 0 Å². The van der Waals surface area contributed by atoms with E-state index < -0.39 is 5.97 Å². The second-order valence-electron chi connectivity index (χ2n) is 3.59. The third-order valence-electron chi connectivity index (χ3n) is 2.38. The van der Waals surface area contributed by atoms with Gasteiger partial charge in [0.2, 0.25) is 0 Å². The number of benzene rings is 1. The Morgan fingerprint density at radius 2 is 2.00 bits per heavy atom. The van der Waals surface area contributed by atoms with Crippen molar-refractivity contribution in [2.24, 2.45) is 0 Å². The number of carbonyl (C=O) groups excluding carboxylic acids is 1. The van der Waals surface area contributed by atoms with Crippen LogP contribution in [0.3, 0.4) is 0 Å². The highest BCUT2D eigenvalue weighted by Crippen LogP contribution is 2.19. The summed E-state index contributed by atoms with van der Waals surface area (Å²) in [4.78, 5) is 20.8. The van der Waals surface area contributed by atoms with Gasteiger partial charge in [-0.05, 0) is 23.6 Å². The average Bonchev–Trinajstić information content (AvgIpc) is 2.87. The van der Waals surface area contributed by atoms with Crippen LogP contribution in [0.25, 0.3) is 10.2 Å². The molecule has 0 aliphatic rings. The first-order chi connectivity index (χ1) is 8.83. The number of hydrogen-bond acceptors (Lipinski definition) is 5. The van der Waals surface area contributed by atoms with Gasteiger partial charge in [0.25, 0.3) is 0 Å². The van der Waals surface area contributed by atoms with Crippen molar-refractivity contribution in [3.8, 4) is 6.01 Å². The first-order valence-electron chi connectivity index (χ1n) is 5.30. The quantitative estimate of drug-likeness (QED) is 0.661. The van der Waals surface area contributed by atoms with Crippen LogP contribution in [-0.4, -0.2) is 15.9 Å². The lowest BCUT2D eigenvalue weighted by atomic mass is 10.2. The number of hydrogen-bond donors (Lipinski definition) is 0. The van der Waals surface area contributed by atoms with Crippen molar-refractivity contribution in [1.29, 1.82) is 0 Å². The van der Waals surface area contributed by atoms with Crippen molar-refractivity contribution in [3.63, 3.8) is 0 Å². The van der Waals surface area contributed by atoms with Crippen LogP contribution in [0.1, 0.15) is 10.4 Å². The molecule has 2 aromatic heterocycles. The van der Waals surface area contributed by atoms with E-state index in [9.17, 15) is 4.79 Å². The van der Waals surface area contributed by atoms with Crippen LogP contribution in [0.5, 0.6) is 6.01 Å². The Labute approximate surface area is 107 Å². The Morgan fingerprint density at radius 3 is 2.83 bits per heavy atom. The molecule has 1 aromatic carbocycles. The van der Waals surface area contributed by atoms with Gasteiger partial charge in [0.05, 0.1) is 5.56 Å². The number of nitrogens with zero attached hydrogens (tertiary/aromatic N) is 2. The van der Waals surface area contributed by atoms with E-state index in [1.807, 2.05) is 17.5 Å². The Hall–Kier alpha value is -2.27. The predicted octanol–water partition coefficient (Wildman–Crippen LogP) is 2.91. The molecule has 0 amide bonds. The zero-order chi connectivity index (χ0) is 12.4. The van der Waals surface area contributed by atoms with Gasteiger partial charge in [-0.2, -0.15) is 4.98 Å². The minimum absolute atomic E-state index is 0.0822. The summed E-state index contributed by atoms with van der Waals surface area (Å²) in [6, 6.07) is 10.8. The summed E-state index contributed by atoms with van der Waals surface area (Å²) in [5.74, 6) is -0.452. The van der Waals surface area contributed by atoms with Crippen molar-refractivity contribution in [2.45, 2.75) is 0 Å². The summed E-state index contributed by atoms with van der Waals surface area (Å²) >= 11 is 1.48. The maximum absolute atomic E-state index is 11.8. The maximum atomic E-state index is 11.8. The summed E-state index contributed by atoms with van der Waals surface area (Å²) in [6.07, 6.45) is 1.65. The standard InChI is InChI=1S/C13H8N2O2S/c16-12(9-4-2-1-3-5-9)17-13-14-8-10-6-7-18-11(10)15-13/h1-8H. The van der Waals surface area contributed by atoms with E-state index in [0.717, 1.165) is 10.2 Å². The molecular formula is C13H8N2O2S. The van der Waals surface area contributed by atoms with E-state index in [-0.39, 0.29) is 6.01 Å². The number of aromatic nitrogens is 2. The van der Waals surface area contributed by atoms with Gasteiger partial charge in [0.1, 0.15) is 4.83 Å². The fraction of sp³-hybridized carbons (Fsp3) is 0. The lowest BCUT2D eigenvalue weighted by molar-refractivity contribution is 0.0720. The van der Waals surface area contributed by atoms with Gasteiger partial charge in [-0.15, -0.1) is 11.3 Å². The Kier molecular flexibility index (Phi) is 2.74. The Bertz CT molecular complexity index is 694. The van der Waals surface area contributed by atoms with Gasteiger partial charge in [0.15, 0.2) is 0 Å². The zero-order valence-electron chi connectivity index (χ0n) is 9.24. The van der Waals surface area contributed by atoms with E-state index in [0.29, 0.717) is 5.56 Å². The number of esters is 1. The highest BCUT2D eigenvalue weighted by molar-refractivity contribution is 7.16. The third kappa shape index (κ3) is 2.08. The molecule has 0 spiro atoms. The van der Waals surface area contributed by atoms with Gasteiger partial charge in [-0.1, -0.05) is 18.2 Å². The van der Waals surface area contributed by atoms with Crippen LogP contribution >= 0.6 is 11.3 Å². The van der Waals surface area contributed by atoms with E-state index in [1.54, 1.807) is 30.5 Å². The Morgan fingerprint density at radius 1 is 1.17 bits per heavy atom. The lowest BCUT2D eigenvalue weighted by Gasteiger charge is -2.01. The summed E-state index contributed by atoms with van der Waals surface area (Å²) in [5.41, 5.74) is 0.479. The summed E-state index contributed by atoms with van der Waals surface area (Å²) in [5, 5.41) is 2.86. The average molecular weight is 256 g/mol. The molecule has 4 nitrogen and oxygen atoms in total. The molecule has 0 aliphatic carbocycles. The van der Waals surface area contributed by atoms with Crippen LogP contribution < -0.4 is 4.74 Å². The first-order valence-corrected chi connectivity index (χ1v) is 6.18. The maximum Gasteiger partial charge on any atom is 0.345 e. The molecule has 0 bridgehead atoms. The van der Waals surface area contributed by atoms with Gasteiger partial charge in [-0.25, -0.2) is 9.78 Å². The van der Waals surface area contributed by atoms with Crippen LogP contribution in [0.4, 0.5) is 0 Å². The second-order valence-corrected chi connectivity index (χ2v) is 4.48. The van der Waals surface area contributed by atoms with Crippen molar-refractivity contribution in [3.05, 3.63) is 53.5 Å². The minimum atomic E-state index is -0.452. The summed E-state index contributed by atoms with van der Waals surface area (Å²) < 4.78 is 5.12. The molecule has 2 heterocycles. The molecule has 88 valence electrons. The smallest absolute Gasteiger partial charge is 0.345 e. The molecule has 3 aromatic rings. The van der Waals surface area contributed by atoms with Gasteiger partial charge in [0, 0.05) is 11.6 Å². The molecule has 18 heavy (non-hydrogen) atoms. The number of ether oxygens (including phenoxy) is 1. The van der Waals surface area contributed by atoms with E-state index in [4.69, 9.17) is 4.74 Å². The molecule has 0 unspecified atom stereocenters. The monoisotopic (exact) mass is 256 g/mol. The summed E-state index contributed by atoms with van der Waals surface area (Å²) in [6.45, 7) is 0. The molecular weight excluding hydrogens is 248 g/mol. The van der Waals surface area contributed by atoms with Gasteiger partial charge < -0.3 is 4.74 Å². The number of thiophene rings is 1. The number of carbonyl (C=O) groups is 1. The molecule has 5 heteroatoms. The fourth-order valence-electron chi connectivity index (χ4n) is 1.51. The molecule has 3 rings (SSSR count). The minimum Gasteiger partial charge on any atom is -0.387 e. The van der Waals surface area contributed by atoms with Crippen LogP contribution in [-0.2, 0) is 0 Å². The summed E-state index contributed by atoms with van der Waals surface area (Å²) in [7, 11) is 0. The normalized spacial score (nSPS) is 10.4. The van der Waals surface area contributed by atoms with Crippen molar-refractivity contribution in [1.82, 2.24) is 9.97 Å². The molecule has 0 saturated heterocycles. The largest absolute Gasteiger partial charge is 0.387 e. The van der Waals surface area contributed by atoms with Gasteiger partial charge in [-0.3, -0.25) is 0 Å². The fourth-order valence-corrected chi connectivity index (χ4v) is 2.24. The van der Waals surface area contributed by atoms with E-state index >= 15 is 0 Å². The number of fused-ring (bicyclic) bond motifs is 1. The first kappa shape index (κ1) is 10.9. The third-order valence-corrected chi connectivity index (χ3v) is 3.20. The molecule has 0 aliphatic heterocycles. The lowest BCUT2D eigenvalue weighted by Crippen LogP contribution is -2.10. The van der Waals surface area contributed by atoms with Crippen LogP contribution in [0.15, 0.2) is 48.0 Å². The number of rotatable bonds is 2. The van der Waals surface area contributed by atoms with Crippen LogP contribution in [0.2, 0.25) is 0 Å². The molecule has 0 saturated carbocycles. The van der Waals surface area contributed by atoms with Crippen molar-refractivity contribution >= 4 is 27.5 Å². The van der Waals surface area contributed by atoms with E-state index in [2.05, 4.69) is 9.97 Å². The second kappa shape index (κ2) is 4.54. The molecule has 0 N–H and O–H groups in total. The van der Waals surface area contributed by atoms with Gasteiger partial charge >= 0.3 is 12.0 Å².